The SMILES string of the molecule is C[C@@H]1CCC[C@@]12CCCC2=O. The summed E-state index contributed by atoms with van der Waals surface area (Å²) in [5, 5.41) is 0. The topological polar surface area (TPSA) is 17.1 Å². The minimum Gasteiger partial charge on any atom is -0.299 e. The van der Waals surface area contributed by atoms with Crippen LogP contribution in [-0.2, 0) is 4.79 Å². The van der Waals surface area contributed by atoms with Crippen LogP contribution in [0.5, 0.6) is 0 Å². The lowest BCUT2D eigenvalue weighted by Gasteiger charge is -2.26. The summed E-state index contributed by atoms with van der Waals surface area (Å²) in [6.07, 6.45) is 6.96. The molecule has 0 radical (unpaired) electrons. The third-order valence-electron chi connectivity index (χ3n) is 3.79. The van der Waals surface area contributed by atoms with Gasteiger partial charge in [0.05, 0.1) is 0 Å². The summed E-state index contributed by atoms with van der Waals surface area (Å²) < 4.78 is 0. The van der Waals surface area contributed by atoms with Crippen LogP contribution in [0.3, 0.4) is 0 Å². The lowest BCUT2D eigenvalue weighted by atomic mass is 9.77. The number of carbonyl (C=O) groups is 1. The summed E-state index contributed by atoms with van der Waals surface area (Å²) >= 11 is 0. The van der Waals surface area contributed by atoms with Gasteiger partial charge in [0.25, 0.3) is 0 Å². The van der Waals surface area contributed by atoms with Crippen molar-refractivity contribution in [1.82, 2.24) is 0 Å². The average molecular weight is 152 g/mol. The van der Waals surface area contributed by atoms with Gasteiger partial charge in [0, 0.05) is 11.8 Å². The lowest BCUT2D eigenvalue weighted by Crippen LogP contribution is -2.27. The minimum absolute atomic E-state index is 0.167. The van der Waals surface area contributed by atoms with E-state index in [9.17, 15) is 4.79 Å². The van der Waals surface area contributed by atoms with Gasteiger partial charge in [0.2, 0.25) is 0 Å². The average Bonchev–Trinajstić information content (AvgIpc) is 2.48. The van der Waals surface area contributed by atoms with Gasteiger partial charge in [-0.05, 0) is 31.6 Å². The molecule has 1 heteroatoms. The molecule has 0 amide bonds. The van der Waals surface area contributed by atoms with Crippen molar-refractivity contribution < 1.29 is 4.79 Å². The molecule has 0 aromatic heterocycles. The first-order chi connectivity index (χ1) is 5.26. The molecule has 2 rings (SSSR count). The van der Waals surface area contributed by atoms with Crippen LogP contribution >= 0.6 is 0 Å². The fourth-order valence-corrected chi connectivity index (χ4v) is 2.98. The van der Waals surface area contributed by atoms with E-state index in [0.717, 1.165) is 12.8 Å². The molecular weight excluding hydrogens is 136 g/mol. The van der Waals surface area contributed by atoms with E-state index in [1.807, 2.05) is 0 Å². The number of ketones is 1. The third kappa shape index (κ3) is 0.863. The summed E-state index contributed by atoms with van der Waals surface area (Å²) in [4.78, 5) is 11.6. The zero-order chi connectivity index (χ0) is 7.90. The Kier molecular flexibility index (Phi) is 1.55. The van der Waals surface area contributed by atoms with E-state index in [-0.39, 0.29) is 5.41 Å². The van der Waals surface area contributed by atoms with Crippen molar-refractivity contribution >= 4 is 5.78 Å². The molecule has 2 atom stereocenters. The van der Waals surface area contributed by atoms with Gasteiger partial charge in [-0.15, -0.1) is 0 Å². The van der Waals surface area contributed by atoms with Gasteiger partial charge in [-0.2, -0.15) is 0 Å². The highest BCUT2D eigenvalue weighted by molar-refractivity contribution is 5.87. The van der Waals surface area contributed by atoms with Crippen molar-refractivity contribution in [2.45, 2.75) is 45.4 Å². The van der Waals surface area contributed by atoms with Crippen molar-refractivity contribution in [1.29, 1.82) is 0 Å². The van der Waals surface area contributed by atoms with E-state index in [0.29, 0.717) is 11.7 Å². The summed E-state index contributed by atoms with van der Waals surface area (Å²) in [6, 6.07) is 0. The molecule has 11 heavy (non-hydrogen) atoms. The zero-order valence-corrected chi connectivity index (χ0v) is 7.23. The Morgan fingerprint density at radius 1 is 1.36 bits per heavy atom. The highest BCUT2D eigenvalue weighted by atomic mass is 16.1. The van der Waals surface area contributed by atoms with E-state index in [4.69, 9.17) is 0 Å². The molecule has 0 aromatic carbocycles. The first-order valence-corrected chi connectivity index (χ1v) is 4.79. The van der Waals surface area contributed by atoms with Gasteiger partial charge in [-0.25, -0.2) is 0 Å². The van der Waals surface area contributed by atoms with E-state index in [1.54, 1.807) is 0 Å². The third-order valence-corrected chi connectivity index (χ3v) is 3.79. The second-order valence-corrected chi connectivity index (χ2v) is 4.23. The van der Waals surface area contributed by atoms with Crippen LogP contribution in [0.1, 0.15) is 45.4 Å². The predicted octanol–water partition coefficient (Wildman–Crippen LogP) is 2.55. The summed E-state index contributed by atoms with van der Waals surface area (Å²) in [5.41, 5.74) is 0.167. The molecular formula is C10H16O. The molecule has 0 bridgehead atoms. The van der Waals surface area contributed by atoms with E-state index in [1.165, 1.54) is 25.7 Å². The number of Topliss-reactive ketones (excluding diaryl/α,β-unsaturated/α-hetero) is 1. The lowest BCUT2D eigenvalue weighted by molar-refractivity contribution is -0.127. The van der Waals surface area contributed by atoms with Gasteiger partial charge < -0.3 is 0 Å². The number of rotatable bonds is 0. The Balaban J connectivity index is 2.25. The van der Waals surface area contributed by atoms with Crippen LogP contribution in [0.25, 0.3) is 0 Å². The number of hydrogen-bond acceptors (Lipinski definition) is 1. The van der Waals surface area contributed by atoms with Crippen LogP contribution in [0, 0.1) is 11.3 Å². The molecule has 0 N–H and O–H groups in total. The van der Waals surface area contributed by atoms with Crippen molar-refractivity contribution in [3.05, 3.63) is 0 Å². The highest BCUT2D eigenvalue weighted by Gasteiger charge is 2.48. The smallest absolute Gasteiger partial charge is 0.139 e. The largest absolute Gasteiger partial charge is 0.299 e. The Hall–Kier alpha value is -0.330. The van der Waals surface area contributed by atoms with Gasteiger partial charge in [-0.3, -0.25) is 4.79 Å². The van der Waals surface area contributed by atoms with Crippen LogP contribution in [0.4, 0.5) is 0 Å². The molecule has 2 fully saturated rings. The quantitative estimate of drug-likeness (QED) is 0.521. The molecule has 2 aliphatic rings. The fourth-order valence-electron chi connectivity index (χ4n) is 2.98. The Morgan fingerprint density at radius 2 is 2.09 bits per heavy atom. The van der Waals surface area contributed by atoms with Crippen LogP contribution in [-0.4, -0.2) is 5.78 Å². The predicted molar refractivity (Wildman–Crippen MR) is 44.3 cm³/mol. The normalized spacial score (nSPS) is 44.1. The van der Waals surface area contributed by atoms with E-state index < -0.39 is 0 Å². The van der Waals surface area contributed by atoms with Gasteiger partial charge in [-0.1, -0.05) is 13.3 Å². The second kappa shape index (κ2) is 2.33. The maximum absolute atomic E-state index is 11.6. The molecule has 1 nitrogen and oxygen atoms in total. The molecule has 0 aliphatic heterocycles. The summed E-state index contributed by atoms with van der Waals surface area (Å²) in [5.74, 6) is 1.25. The molecule has 0 heterocycles. The number of carbonyl (C=O) groups excluding carboxylic acids is 1. The summed E-state index contributed by atoms with van der Waals surface area (Å²) in [7, 11) is 0. The Bertz CT molecular complexity index is 181. The van der Waals surface area contributed by atoms with Crippen molar-refractivity contribution in [2.75, 3.05) is 0 Å². The van der Waals surface area contributed by atoms with Crippen LogP contribution < -0.4 is 0 Å². The van der Waals surface area contributed by atoms with E-state index >= 15 is 0 Å². The van der Waals surface area contributed by atoms with Crippen molar-refractivity contribution in [2.24, 2.45) is 11.3 Å². The standard InChI is InChI=1S/C10H16O/c1-8-4-2-6-10(8)7-3-5-9(10)11/h8H,2-7H2,1H3/t8-,10-/m1/s1. The monoisotopic (exact) mass is 152 g/mol. The first-order valence-electron chi connectivity index (χ1n) is 4.79. The van der Waals surface area contributed by atoms with E-state index in [2.05, 4.69) is 6.92 Å². The maximum Gasteiger partial charge on any atom is 0.139 e. The van der Waals surface area contributed by atoms with Crippen molar-refractivity contribution in [3.63, 3.8) is 0 Å². The Labute approximate surface area is 68.2 Å². The van der Waals surface area contributed by atoms with Gasteiger partial charge in [0.1, 0.15) is 5.78 Å². The summed E-state index contributed by atoms with van der Waals surface area (Å²) in [6.45, 7) is 2.26. The molecule has 0 aromatic rings. The van der Waals surface area contributed by atoms with Crippen LogP contribution in [0.15, 0.2) is 0 Å². The molecule has 2 aliphatic carbocycles. The molecule has 0 unspecified atom stereocenters. The fraction of sp³-hybridized carbons (Fsp3) is 0.900. The highest BCUT2D eigenvalue weighted by Crippen LogP contribution is 2.51. The minimum atomic E-state index is 0.167. The molecule has 1 spiro atoms. The van der Waals surface area contributed by atoms with Gasteiger partial charge in [0.15, 0.2) is 0 Å². The van der Waals surface area contributed by atoms with Gasteiger partial charge >= 0.3 is 0 Å². The van der Waals surface area contributed by atoms with Crippen molar-refractivity contribution in [3.8, 4) is 0 Å². The first kappa shape index (κ1) is 7.33. The maximum atomic E-state index is 11.6. The van der Waals surface area contributed by atoms with Crippen LogP contribution in [0.2, 0.25) is 0 Å². The number of hydrogen-bond donors (Lipinski definition) is 0. The molecule has 62 valence electrons. The Morgan fingerprint density at radius 3 is 2.55 bits per heavy atom. The second-order valence-electron chi connectivity index (χ2n) is 4.23. The molecule has 0 saturated heterocycles. The molecule has 2 saturated carbocycles. The zero-order valence-electron chi connectivity index (χ0n) is 7.23.